The monoisotopic (exact) mass is 230 g/mol. The summed E-state index contributed by atoms with van der Waals surface area (Å²) in [6.07, 6.45) is 4.50. The van der Waals surface area contributed by atoms with Crippen molar-refractivity contribution in [2.45, 2.75) is 37.8 Å². The van der Waals surface area contributed by atoms with Crippen molar-refractivity contribution in [2.24, 2.45) is 10.8 Å². The van der Waals surface area contributed by atoms with Gasteiger partial charge in [0.25, 0.3) is 0 Å². The van der Waals surface area contributed by atoms with Crippen LogP contribution in [0.2, 0.25) is 0 Å². The van der Waals surface area contributed by atoms with Gasteiger partial charge in [0.15, 0.2) is 0 Å². The van der Waals surface area contributed by atoms with E-state index in [1.54, 1.807) is 0 Å². The van der Waals surface area contributed by atoms with Gasteiger partial charge in [-0.15, -0.1) is 0 Å². The second kappa shape index (κ2) is 4.37. The fourth-order valence-corrected chi connectivity index (χ4v) is 2.36. The second-order valence-electron chi connectivity index (χ2n) is 4.87. The van der Waals surface area contributed by atoms with Gasteiger partial charge in [-0.2, -0.15) is 0 Å². The Morgan fingerprint density at radius 3 is 2.35 bits per heavy atom. The Labute approximate surface area is 101 Å². The molecule has 4 heteroatoms. The molecule has 0 aromatic heterocycles. The number of nitrogens with one attached hydrogen (secondary N) is 2. The average Bonchev–Trinajstić information content (AvgIpc) is 3.06. The highest BCUT2D eigenvalue weighted by Gasteiger charge is 2.24. The van der Waals surface area contributed by atoms with Crippen molar-refractivity contribution in [1.29, 1.82) is 0 Å². The van der Waals surface area contributed by atoms with E-state index in [4.69, 9.17) is 5.84 Å². The van der Waals surface area contributed by atoms with E-state index in [1.165, 1.54) is 24.0 Å². The Morgan fingerprint density at radius 2 is 1.82 bits per heavy atom. The van der Waals surface area contributed by atoms with E-state index >= 15 is 0 Å². The summed E-state index contributed by atoms with van der Waals surface area (Å²) in [7, 11) is 0. The Kier molecular flexibility index (Phi) is 2.73. The predicted molar refractivity (Wildman–Crippen MR) is 68.6 cm³/mol. The number of nitrogens with zero attached hydrogens (tertiary/aromatic N) is 1. The van der Waals surface area contributed by atoms with Crippen LogP contribution in [-0.2, 0) is 12.8 Å². The molecular weight excluding hydrogens is 212 g/mol. The average molecular weight is 230 g/mol. The summed E-state index contributed by atoms with van der Waals surface area (Å²) in [5.74, 6) is 6.23. The molecule has 0 heterocycles. The minimum Gasteiger partial charge on any atom is -0.352 e. The van der Waals surface area contributed by atoms with E-state index in [2.05, 4.69) is 40.0 Å². The summed E-state index contributed by atoms with van der Waals surface area (Å²) in [4.78, 5) is 4.50. The van der Waals surface area contributed by atoms with Crippen molar-refractivity contribution in [3.8, 4) is 0 Å². The van der Waals surface area contributed by atoms with Gasteiger partial charge in [0, 0.05) is 6.04 Å². The number of hydrazine groups is 1. The lowest BCUT2D eigenvalue weighted by molar-refractivity contribution is 0.626. The highest BCUT2D eigenvalue weighted by Crippen LogP contribution is 2.24. The molecule has 3 rings (SSSR count). The number of fused-ring (bicyclic) bond motifs is 1. The van der Waals surface area contributed by atoms with Gasteiger partial charge in [0.05, 0.1) is 6.04 Å². The van der Waals surface area contributed by atoms with Gasteiger partial charge < -0.3 is 5.32 Å². The summed E-state index contributed by atoms with van der Waals surface area (Å²) in [5.41, 5.74) is 5.54. The number of hydrogen-bond donors (Lipinski definition) is 3. The molecule has 0 amide bonds. The molecule has 90 valence electrons. The van der Waals surface area contributed by atoms with Crippen LogP contribution in [0, 0.1) is 0 Å². The number of guanidine groups is 1. The van der Waals surface area contributed by atoms with Gasteiger partial charge in [-0.3, -0.25) is 5.43 Å². The minimum atomic E-state index is 0.418. The van der Waals surface area contributed by atoms with Gasteiger partial charge in [0.2, 0.25) is 5.96 Å². The first kappa shape index (κ1) is 10.6. The Bertz CT molecular complexity index is 412. The highest BCUT2D eigenvalue weighted by molar-refractivity contribution is 5.80. The molecule has 2 aliphatic rings. The van der Waals surface area contributed by atoms with Crippen LogP contribution in [0.4, 0.5) is 0 Å². The lowest BCUT2D eigenvalue weighted by Gasteiger charge is -2.15. The SMILES string of the molecule is NNC(=NC1CC1)NC1Cc2ccccc2C1. The molecule has 0 spiro atoms. The maximum Gasteiger partial charge on any atom is 0.206 e. The van der Waals surface area contributed by atoms with Crippen LogP contribution in [0.15, 0.2) is 29.3 Å². The van der Waals surface area contributed by atoms with Crippen LogP contribution in [0.1, 0.15) is 24.0 Å². The van der Waals surface area contributed by atoms with Gasteiger partial charge in [-0.1, -0.05) is 24.3 Å². The van der Waals surface area contributed by atoms with Crippen molar-refractivity contribution in [3.63, 3.8) is 0 Å². The van der Waals surface area contributed by atoms with E-state index in [0.29, 0.717) is 12.1 Å². The number of aliphatic imine (C=N–C) groups is 1. The van der Waals surface area contributed by atoms with Crippen molar-refractivity contribution in [3.05, 3.63) is 35.4 Å². The first-order chi connectivity index (χ1) is 8.35. The molecule has 4 nitrogen and oxygen atoms in total. The first-order valence-electron chi connectivity index (χ1n) is 6.23. The maximum absolute atomic E-state index is 5.49. The standard InChI is InChI=1S/C13H18N4/c14-17-13(15-11-5-6-11)16-12-7-9-3-1-2-4-10(9)8-12/h1-4,11-12H,5-8,14H2,(H2,15,16,17). The van der Waals surface area contributed by atoms with Crippen molar-refractivity contribution in [1.82, 2.24) is 10.7 Å². The molecule has 4 N–H and O–H groups in total. The number of rotatable bonds is 2. The van der Waals surface area contributed by atoms with Gasteiger partial charge >= 0.3 is 0 Å². The molecule has 0 atom stereocenters. The third-order valence-corrected chi connectivity index (χ3v) is 3.39. The molecule has 1 aromatic carbocycles. The lowest BCUT2D eigenvalue weighted by Crippen LogP contribution is -2.47. The Hall–Kier alpha value is -1.55. The molecule has 0 radical (unpaired) electrons. The number of nitrogens with two attached hydrogens (primary N) is 1. The Morgan fingerprint density at radius 1 is 1.18 bits per heavy atom. The molecular formula is C13H18N4. The third-order valence-electron chi connectivity index (χ3n) is 3.39. The summed E-state index contributed by atoms with van der Waals surface area (Å²) in [5, 5.41) is 3.40. The van der Waals surface area contributed by atoms with Crippen LogP contribution >= 0.6 is 0 Å². The van der Waals surface area contributed by atoms with Crippen LogP contribution < -0.4 is 16.6 Å². The fraction of sp³-hybridized carbons (Fsp3) is 0.462. The van der Waals surface area contributed by atoms with E-state index in [1.807, 2.05) is 0 Å². The molecule has 1 saturated carbocycles. The van der Waals surface area contributed by atoms with E-state index in [-0.39, 0.29) is 0 Å². The van der Waals surface area contributed by atoms with Crippen molar-refractivity contribution in [2.75, 3.05) is 0 Å². The van der Waals surface area contributed by atoms with Crippen molar-refractivity contribution >= 4 is 5.96 Å². The molecule has 0 unspecified atom stereocenters. The van der Waals surface area contributed by atoms with Crippen LogP contribution in [0.5, 0.6) is 0 Å². The zero-order valence-corrected chi connectivity index (χ0v) is 9.82. The molecule has 0 aliphatic heterocycles. The first-order valence-corrected chi connectivity index (χ1v) is 6.23. The van der Waals surface area contributed by atoms with Gasteiger partial charge in [0.1, 0.15) is 0 Å². The van der Waals surface area contributed by atoms with Crippen molar-refractivity contribution < 1.29 is 0 Å². The highest BCUT2D eigenvalue weighted by atomic mass is 15.3. The van der Waals surface area contributed by atoms with Gasteiger partial charge in [-0.25, -0.2) is 10.8 Å². The molecule has 2 aliphatic carbocycles. The smallest absolute Gasteiger partial charge is 0.206 e. The molecule has 1 fully saturated rings. The zero-order chi connectivity index (χ0) is 11.7. The van der Waals surface area contributed by atoms with E-state index in [9.17, 15) is 0 Å². The summed E-state index contributed by atoms with van der Waals surface area (Å²) >= 11 is 0. The zero-order valence-electron chi connectivity index (χ0n) is 9.82. The molecule has 1 aromatic rings. The minimum absolute atomic E-state index is 0.418. The topological polar surface area (TPSA) is 62.4 Å². The summed E-state index contributed by atoms with van der Waals surface area (Å²) in [6.45, 7) is 0. The maximum atomic E-state index is 5.49. The molecule has 0 saturated heterocycles. The quantitative estimate of drug-likeness (QED) is 0.304. The lowest BCUT2D eigenvalue weighted by atomic mass is 10.1. The number of benzene rings is 1. The third kappa shape index (κ3) is 2.42. The van der Waals surface area contributed by atoms with Gasteiger partial charge in [-0.05, 0) is 36.8 Å². The molecule has 17 heavy (non-hydrogen) atoms. The fourth-order valence-electron chi connectivity index (χ4n) is 2.36. The van der Waals surface area contributed by atoms with E-state index < -0.39 is 0 Å². The summed E-state index contributed by atoms with van der Waals surface area (Å²) in [6, 6.07) is 9.50. The Balaban J connectivity index is 1.64. The van der Waals surface area contributed by atoms with E-state index in [0.717, 1.165) is 18.8 Å². The van der Waals surface area contributed by atoms with Crippen LogP contribution in [0.3, 0.4) is 0 Å². The van der Waals surface area contributed by atoms with Crippen LogP contribution in [-0.4, -0.2) is 18.0 Å². The number of hydrogen-bond acceptors (Lipinski definition) is 2. The normalized spacial score (nSPS) is 20.2. The summed E-state index contributed by atoms with van der Waals surface area (Å²) < 4.78 is 0. The molecule has 0 bridgehead atoms. The predicted octanol–water partition coefficient (Wildman–Crippen LogP) is 0.725. The van der Waals surface area contributed by atoms with Crippen LogP contribution in [0.25, 0.3) is 0 Å². The second-order valence-corrected chi connectivity index (χ2v) is 4.87. The largest absolute Gasteiger partial charge is 0.352 e.